The summed E-state index contributed by atoms with van der Waals surface area (Å²) in [6.45, 7) is 7.49. The second-order valence-corrected chi connectivity index (χ2v) is 5.07. The van der Waals surface area contributed by atoms with E-state index in [-0.39, 0.29) is 17.1 Å². The predicted molar refractivity (Wildman–Crippen MR) is 47.8 cm³/mol. The smallest absolute Gasteiger partial charge is 0.138 e. The second-order valence-electron chi connectivity index (χ2n) is 5.07. The van der Waals surface area contributed by atoms with E-state index in [0.29, 0.717) is 6.42 Å². The van der Waals surface area contributed by atoms with Crippen molar-refractivity contribution < 1.29 is 9.90 Å². The Morgan fingerprint density at radius 1 is 1.50 bits per heavy atom. The van der Waals surface area contributed by atoms with Crippen molar-refractivity contribution in [2.45, 2.75) is 46.1 Å². The van der Waals surface area contributed by atoms with Gasteiger partial charge in [0.05, 0.1) is 5.60 Å². The van der Waals surface area contributed by atoms with Gasteiger partial charge in [-0.2, -0.15) is 0 Å². The minimum Gasteiger partial charge on any atom is -0.390 e. The molecule has 0 aliphatic heterocycles. The molecule has 2 heteroatoms. The summed E-state index contributed by atoms with van der Waals surface area (Å²) < 4.78 is 0. The van der Waals surface area contributed by atoms with Crippen LogP contribution in [0.2, 0.25) is 0 Å². The highest BCUT2D eigenvalue weighted by Crippen LogP contribution is 2.42. The van der Waals surface area contributed by atoms with Crippen LogP contribution >= 0.6 is 0 Å². The molecule has 0 amide bonds. The van der Waals surface area contributed by atoms with E-state index in [9.17, 15) is 9.90 Å². The summed E-state index contributed by atoms with van der Waals surface area (Å²) in [7, 11) is 0. The summed E-state index contributed by atoms with van der Waals surface area (Å²) >= 11 is 0. The molecule has 2 nitrogen and oxygen atoms in total. The quantitative estimate of drug-likeness (QED) is 0.651. The number of rotatable bonds is 1. The molecule has 1 unspecified atom stereocenters. The number of hydrogen-bond donors (Lipinski definition) is 1. The van der Waals surface area contributed by atoms with Gasteiger partial charge in [0.15, 0.2) is 0 Å². The lowest BCUT2D eigenvalue weighted by atomic mass is 9.85. The van der Waals surface area contributed by atoms with Gasteiger partial charge in [0.25, 0.3) is 0 Å². The molecule has 0 heterocycles. The standard InChI is InChI=1S/C10H18O2/c1-9(2)6-7(5-8(9)11)10(3,4)12/h7,12H,5-6H2,1-4H3. The van der Waals surface area contributed by atoms with Gasteiger partial charge in [0.2, 0.25) is 0 Å². The Morgan fingerprint density at radius 3 is 2.17 bits per heavy atom. The van der Waals surface area contributed by atoms with Gasteiger partial charge in [-0.25, -0.2) is 0 Å². The lowest BCUT2D eigenvalue weighted by Crippen LogP contribution is -2.29. The summed E-state index contributed by atoms with van der Waals surface area (Å²) in [6.07, 6.45) is 1.35. The number of carbonyl (C=O) groups is 1. The molecule has 0 aromatic rings. The average Bonchev–Trinajstić information content (AvgIpc) is 2.06. The summed E-state index contributed by atoms with van der Waals surface area (Å²) in [4.78, 5) is 11.4. The van der Waals surface area contributed by atoms with E-state index in [1.54, 1.807) is 13.8 Å². The normalized spacial score (nSPS) is 29.4. The zero-order chi connectivity index (χ0) is 9.57. The van der Waals surface area contributed by atoms with Crippen LogP contribution in [0.1, 0.15) is 40.5 Å². The molecule has 1 atom stereocenters. The molecule has 12 heavy (non-hydrogen) atoms. The van der Waals surface area contributed by atoms with E-state index in [1.165, 1.54) is 0 Å². The third kappa shape index (κ3) is 1.69. The van der Waals surface area contributed by atoms with E-state index < -0.39 is 5.60 Å². The van der Waals surface area contributed by atoms with Gasteiger partial charge >= 0.3 is 0 Å². The maximum absolute atomic E-state index is 11.4. The first kappa shape index (κ1) is 9.72. The zero-order valence-electron chi connectivity index (χ0n) is 8.35. The minimum absolute atomic E-state index is 0.139. The van der Waals surface area contributed by atoms with Gasteiger partial charge in [-0.05, 0) is 26.2 Å². The molecule has 1 fully saturated rings. The third-order valence-corrected chi connectivity index (χ3v) is 2.94. The Morgan fingerprint density at radius 2 is 2.00 bits per heavy atom. The van der Waals surface area contributed by atoms with Crippen molar-refractivity contribution in [2.24, 2.45) is 11.3 Å². The van der Waals surface area contributed by atoms with Gasteiger partial charge in [-0.3, -0.25) is 4.79 Å². The largest absolute Gasteiger partial charge is 0.390 e. The molecular weight excluding hydrogens is 152 g/mol. The van der Waals surface area contributed by atoms with Gasteiger partial charge in [0, 0.05) is 11.8 Å². The minimum atomic E-state index is -0.705. The first-order valence-electron chi connectivity index (χ1n) is 4.49. The summed E-state index contributed by atoms with van der Waals surface area (Å²) in [5, 5.41) is 9.72. The third-order valence-electron chi connectivity index (χ3n) is 2.94. The molecule has 70 valence electrons. The fourth-order valence-electron chi connectivity index (χ4n) is 1.80. The van der Waals surface area contributed by atoms with E-state index in [0.717, 1.165) is 6.42 Å². The molecule has 0 spiro atoms. The fourth-order valence-corrected chi connectivity index (χ4v) is 1.80. The van der Waals surface area contributed by atoms with Crippen LogP contribution in [0.4, 0.5) is 0 Å². The Labute approximate surface area is 74.0 Å². The van der Waals surface area contributed by atoms with Gasteiger partial charge in [-0.15, -0.1) is 0 Å². The van der Waals surface area contributed by atoms with E-state index in [4.69, 9.17) is 0 Å². The molecule has 0 aromatic heterocycles. The number of ketones is 1. The van der Waals surface area contributed by atoms with Gasteiger partial charge in [0.1, 0.15) is 5.78 Å². The maximum atomic E-state index is 11.4. The van der Waals surface area contributed by atoms with Crippen molar-refractivity contribution in [3.8, 4) is 0 Å². The lowest BCUT2D eigenvalue weighted by Gasteiger charge is -2.25. The predicted octanol–water partition coefficient (Wildman–Crippen LogP) is 1.76. The SMILES string of the molecule is CC1(C)CC(C(C)(C)O)CC1=O. The first-order valence-corrected chi connectivity index (χ1v) is 4.49. The fraction of sp³-hybridized carbons (Fsp3) is 0.900. The number of carbonyl (C=O) groups excluding carboxylic acids is 1. The van der Waals surface area contributed by atoms with Gasteiger partial charge in [-0.1, -0.05) is 13.8 Å². The van der Waals surface area contributed by atoms with Crippen molar-refractivity contribution in [1.82, 2.24) is 0 Å². The van der Waals surface area contributed by atoms with Crippen LogP contribution < -0.4 is 0 Å². The molecule has 1 N–H and O–H groups in total. The Hall–Kier alpha value is -0.370. The van der Waals surface area contributed by atoms with E-state index in [2.05, 4.69) is 0 Å². The van der Waals surface area contributed by atoms with Crippen LogP contribution in [0.5, 0.6) is 0 Å². The highest BCUT2D eigenvalue weighted by Gasteiger charge is 2.44. The monoisotopic (exact) mass is 170 g/mol. The Balaban J connectivity index is 2.74. The van der Waals surface area contributed by atoms with Gasteiger partial charge < -0.3 is 5.11 Å². The molecule has 1 aliphatic rings. The molecule has 1 aliphatic carbocycles. The summed E-state index contributed by atoms with van der Waals surface area (Å²) in [6, 6.07) is 0. The van der Waals surface area contributed by atoms with Crippen LogP contribution in [0.25, 0.3) is 0 Å². The van der Waals surface area contributed by atoms with E-state index in [1.807, 2.05) is 13.8 Å². The average molecular weight is 170 g/mol. The topological polar surface area (TPSA) is 37.3 Å². The number of aliphatic hydroxyl groups is 1. The lowest BCUT2D eigenvalue weighted by molar-refractivity contribution is -0.124. The number of Topliss-reactive ketones (excluding diaryl/α,β-unsaturated/α-hetero) is 1. The molecule has 0 radical (unpaired) electrons. The molecule has 1 rings (SSSR count). The zero-order valence-corrected chi connectivity index (χ0v) is 8.35. The van der Waals surface area contributed by atoms with E-state index >= 15 is 0 Å². The first-order chi connectivity index (χ1) is 5.23. The second kappa shape index (κ2) is 2.56. The number of hydrogen-bond acceptors (Lipinski definition) is 2. The highest BCUT2D eigenvalue weighted by atomic mass is 16.3. The Kier molecular flexibility index (Phi) is 2.07. The Bertz CT molecular complexity index is 198. The van der Waals surface area contributed by atoms with Crippen molar-refractivity contribution in [3.63, 3.8) is 0 Å². The van der Waals surface area contributed by atoms with Crippen molar-refractivity contribution in [3.05, 3.63) is 0 Å². The molecular formula is C10H18O2. The summed E-state index contributed by atoms with van der Waals surface area (Å²) in [5.74, 6) is 0.426. The molecule has 0 saturated heterocycles. The molecule has 0 bridgehead atoms. The van der Waals surface area contributed by atoms with Crippen molar-refractivity contribution in [1.29, 1.82) is 0 Å². The van der Waals surface area contributed by atoms with Crippen molar-refractivity contribution >= 4 is 5.78 Å². The van der Waals surface area contributed by atoms with Crippen LogP contribution in [0, 0.1) is 11.3 Å². The van der Waals surface area contributed by atoms with Crippen LogP contribution in [0.15, 0.2) is 0 Å². The van der Waals surface area contributed by atoms with Crippen LogP contribution in [-0.4, -0.2) is 16.5 Å². The highest BCUT2D eigenvalue weighted by molar-refractivity contribution is 5.86. The van der Waals surface area contributed by atoms with Crippen LogP contribution in [0.3, 0.4) is 0 Å². The summed E-state index contributed by atoms with van der Waals surface area (Å²) in [5.41, 5.74) is -0.923. The molecule has 1 saturated carbocycles. The van der Waals surface area contributed by atoms with Crippen LogP contribution in [-0.2, 0) is 4.79 Å². The molecule has 0 aromatic carbocycles. The maximum Gasteiger partial charge on any atom is 0.138 e. The van der Waals surface area contributed by atoms with Crippen molar-refractivity contribution in [2.75, 3.05) is 0 Å².